The number of hydrogen-bond donors (Lipinski definition) is 0. The van der Waals surface area contributed by atoms with Crippen molar-refractivity contribution in [3.8, 4) is 17.3 Å². The number of aryl methyl sites for hydroxylation is 2. The molecular weight excluding hydrogens is 372 g/mol. The maximum atomic E-state index is 12.8. The van der Waals surface area contributed by atoms with Crippen LogP contribution in [0.3, 0.4) is 0 Å². The number of para-hydroxylation sites is 1. The van der Waals surface area contributed by atoms with Gasteiger partial charge in [-0.2, -0.15) is 13.4 Å². The fourth-order valence-corrected chi connectivity index (χ4v) is 3.70. The first-order chi connectivity index (χ1) is 13.4. The van der Waals surface area contributed by atoms with Gasteiger partial charge >= 0.3 is 10.1 Å². The molecule has 1 heterocycles. The summed E-state index contributed by atoms with van der Waals surface area (Å²) >= 11 is 0. The Morgan fingerprint density at radius 2 is 1.36 bits per heavy atom. The summed E-state index contributed by atoms with van der Waals surface area (Å²) in [5.41, 5.74) is 3.48. The third-order valence-electron chi connectivity index (χ3n) is 4.38. The average molecular weight is 390 g/mol. The Balaban J connectivity index is 1.83. The third kappa shape index (κ3) is 3.59. The van der Waals surface area contributed by atoms with E-state index in [2.05, 4.69) is 9.97 Å². The zero-order valence-electron chi connectivity index (χ0n) is 15.5. The normalized spacial score (nSPS) is 11.5. The molecule has 4 rings (SSSR count). The Hall–Kier alpha value is -3.25. The molecule has 0 N–H and O–H groups in total. The van der Waals surface area contributed by atoms with Crippen LogP contribution < -0.4 is 4.18 Å². The lowest BCUT2D eigenvalue weighted by Gasteiger charge is -2.11. The molecule has 0 aliphatic carbocycles. The Morgan fingerprint density at radius 1 is 0.750 bits per heavy atom. The van der Waals surface area contributed by atoms with Crippen molar-refractivity contribution in [3.05, 3.63) is 83.9 Å². The Bertz CT molecular complexity index is 1250. The second kappa shape index (κ2) is 7.05. The van der Waals surface area contributed by atoms with Crippen LogP contribution in [-0.2, 0) is 10.1 Å². The van der Waals surface area contributed by atoms with Gasteiger partial charge in [-0.05, 0) is 38.1 Å². The van der Waals surface area contributed by atoms with E-state index in [-0.39, 0.29) is 10.8 Å². The Labute approximate surface area is 163 Å². The van der Waals surface area contributed by atoms with Gasteiger partial charge in [0.25, 0.3) is 0 Å². The monoisotopic (exact) mass is 390 g/mol. The van der Waals surface area contributed by atoms with E-state index in [9.17, 15) is 8.42 Å². The summed E-state index contributed by atoms with van der Waals surface area (Å²) in [4.78, 5) is 9.06. The molecule has 1 aromatic heterocycles. The van der Waals surface area contributed by atoms with E-state index < -0.39 is 10.1 Å². The van der Waals surface area contributed by atoms with Gasteiger partial charge in [-0.1, -0.05) is 59.7 Å². The lowest BCUT2D eigenvalue weighted by atomic mass is 10.1. The molecule has 0 fully saturated rings. The van der Waals surface area contributed by atoms with Gasteiger partial charge < -0.3 is 4.18 Å². The minimum Gasteiger partial charge on any atom is -0.357 e. The zero-order valence-corrected chi connectivity index (χ0v) is 16.3. The SMILES string of the molecule is Cc1ccc(-c2nc(OS(=O)(=O)c3ccc(C)cc3)c3ccccc3n2)cc1. The van der Waals surface area contributed by atoms with Gasteiger partial charge in [0.15, 0.2) is 5.82 Å². The predicted molar refractivity (Wildman–Crippen MR) is 109 cm³/mol. The van der Waals surface area contributed by atoms with Gasteiger partial charge in [-0.25, -0.2) is 4.98 Å². The van der Waals surface area contributed by atoms with Gasteiger partial charge in [0.1, 0.15) is 4.90 Å². The largest absolute Gasteiger partial charge is 0.357 e. The Kier molecular flexibility index (Phi) is 4.57. The summed E-state index contributed by atoms with van der Waals surface area (Å²) in [6.07, 6.45) is 0. The minimum absolute atomic E-state index is 0.0155. The van der Waals surface area contributed by atoms with E-state index in [1.165, 1.54) is 12.1 Å². The van der Waals surface area contributed by atoms with Crippen molar-refractivity contribution >= 4 is 21.0 Å². The number of benzene rings is 3. The van der Waals surface area contributed by atoms with E-state index in [0.717, 1.165) is 16.7 Å². The molecule has 0 bridgehead atoms. The van der Waals surface area contributed by atoms with Crippen molar-refractivity contribution < 1.29 is 12.6 Å². The molecule has 6 heteroatoms. The van der Waals surface area contributed by atoms with Crippen LogP contribution in [0.25, 0.3) is 22.3 Å². The molecule has 0 aliphatic heterocycles. The first-order valence-corrected chi connectivity index (χ1v) is 10.2. The first-order valence-electron chi connectivity index (χ1n) is 8.77. The molecule has 0 amide bonds. The fraction of sp³-hybridized carbons (Fsp3) is 0.0909. The lowest BCUT2D eigenvalue weighted by Crippen LogP contribution is -2.11. The van der Waals surface area contributed by atoms with Crippen molar-refractivity contribution in [2.75, 3.05) is 0 Å². The molecule has 0 aliphatic rings. The molecule has 140 valence electrons. The summed E-state index contributed by atoms with van der Waals surface area (Å²) < 4.78 is 31.0. The van der Waals surface area contributed by atoms with Crippen molar-refractivity contribution in [1.29, 1.82) is 0 Å². The maximum Gasteiger partial charge on any atom is 0.340 e. The molecule has 5 nitrogen and oxygen atoms in total. The van der Waals surface area contributed by atoms with Crippen LogP contribution in [0.15, 0.2) is 77.7 Å². The number of hydrogen-bond acceptors (Lipinski definition) is 5. The average Bonchev–Trinajstić information content (AvgIpc) is 2.68. The van der Waals surface area contributed by atoms with E-state index in [1.54, 1.807) is 30.3 Å². The van der Waals surface area contributed by atoms with E-state index in [1.807, 2.05) is 44.2 Å². The van der Waals surface area contributed by atoms with Gasteiger partial charge in [0, 0.05) is 5.56 Å². The van der Waals surface area contributed by atoms with Crippen LogP contribution in [0.4, 0.5) is 0 Å². The van der Waals surface area contributed by atoms with Crippen LogP contribution >= 0.6 is 0 Å². The van der Waals surface area contributed by atoms with Crippen molar-refractivity contribution in [2.45, 2.75) is 18.7 Å². The number of fused-ring (bicyclic) bond motifs is 1. The Morgan fingerprint density at radius 3 is 2.04 bits per heavy atom. The first kappa shape index (κ1) is 18.1. The highest BCUT2D eigenvalue weighted by atomic mass is 32.2. The smallest absolute Gasteiger partial charge is 0.340 e. The number of nitrogens with zero attached hydrogens (tertiary/aromatic N) is 2. The van der Waals surface area contributed by atoms with Crippen LogP contribution in [-0.4, -0.2) is 18.4 Å². The highest BCUT2D eigenvalue weighted by Crippen LogP contribution is 2.29. The van der Waals surface area contributed by atoms with Gasteiger partial charge in [0.05, 0.1) is 10.9 Å². The van der Waals surface area contributed by atoms with Crippen LogP contribution in [0.5, 0.6) is 5.88 Å². The molecule has 0 unspecified atom stereocenters. The molecule has 28 heavy (non-hydrogen) atoms. The van der Waals surface area contributed by atoms with Crippen LogP contribution in [0.1, 0.15) is 11.1 Å². The molecule has 0 saturated heterocycles. The van der Waals surface area contributed by atoms with Crippen LogP contribution in [0.2, 0.25) is 0 Å². The number of rotatable bonds is 4. The summed E-state index contributed by atoms with van der Waals surface area (Å²) in [6.45, 7) is 3.89. The van der Waals surface area contributed by atoms with Gasteiger partial charge in [-0.15, -0.1) is 0 Å². The molecule has 4 aromatic rings. The predicted octanol–water partition coefficient (Wildman–Crippen LogP) is 4.68. The minimum atomic E-state index is -4.02. The second-order valence-corrected chi connectivity index (χ2v) is 8.13. The molecule has 0 atom stereocenters. The summed E-state index contributed by atoms with van der Waals surface area (Å²) in [5.74, 6) is 0.426. The van der Waals surface area contributed by atoms with Crippen LogP contribution in [0, 0.1) is 13.8 Å². The summed E-state index contributed by atoms with van der Waals surface area (Å²) in [7, 11) is -4.02. The highest BCUT2D eigenvalue weighted by Gasteiger charge is 2.20. The molecule has 3 aromatic carbocycles. The molecule has 0 spiro atoms. The fourth-order valence-electron chi connectivity index (χ4n) is 2.80. The van der Waals surface area contributed by atoms with E-state index in [4.69, 9.17) is 4.18 Å². The van der Waals surface area contributed by atoms with Gasteiger partial charge in [0.2, 0.25) is 5.88 Å². The summed E-state index contributed by atoms with van der Waals surface area (Å²) in [6, 6.07) is 21.4. The molecule has 0 radical (unpaired) electrons. The quantitative estimate of drug-likeness (QED) is 0.473. The van der Waals surface area contributed by atoms with E-state index in [0.29, 0.717) is 16.7 Å². The molecular formula is C22H18N2O3S. The molecule has 0 saturated carbocycles. The highest BCUT2D eigenvalue weighted by molar-refractivity contribution is 7.87. The second-order valence-electron chi connectivity index (χ2n) is 6.59. The van der Waals surface area contributed by atoms with Crippen molar-refractivity contribution in [3.63, 3.8) is 0 Å². The number of aromatic nitrogens is 2. The van der Waals surface area contributed by atoms with Crippen molar-refractivity contribution in [2.24, 2.45) is 0 Å². The standard InChI is InChI=1S/C22H18N2O3S/c1-15-7-11-17(12-8-15)21-23-20-6-4-3-5-19(20)22(24-21)27-28(25,26)18-13-9-16(2)10-14-18/h3-14H,1-2H3. The lowest BCUT2D eigenvalue weighted by molar-refractivity contribution is 0.479. The third-order valence-corrected chi connectivity index (χ3v) is 5.60. The topological polar surface area (TPSA) is 69.2 Å². The van der Waals surface area contributed by atoms with Crippen molar-refractivity contribution in [1.82, 2.24) is 9.97 Å². The van der Waals surface area contributed by atoms with Gasteiger partial charge in [-0.3, -0.25) is 0 Å². The maximum absolute atomic E-state index is 12.8. The summed E-state index contributed by atoms with van der Waals surface area (Å²) in [5, 5.41) is 0.536. The van der Waals surface area contributed by atoms with E-state index >= 15 is 0 Å². The zero-order chi connectivity index (χ0) is 19.7.